The van der Waals surface area contributed by atoms with Gasteiger partial charge in [0.2, 0.25) is 0 Å². The van der Waals surface area contributed by atoms with Crippen molar-refractivity contribution in [3.05, 3.63) is 47.5 Å². The summed E-state index contributed by atoms with van der Waals surface area (Å²) in [6.07, 6.45) is 3.06. The monoisotopic (exact) mass is 350 g/mol. The van der Waals surface area contributed by atoms with E-state index in [-0.39, 0.29) is 31.4 Å². The lowest BCUT2D eigenvalue weighted by Crippen LogP contribution is -2.27. The second kappa shape index (κ2) is 9.96. The summed E-state index contributed by atoms with van der Waals surface area (Å²) in [5, 5.41) is 9.21. The van der Waals surface area contributed by atoms with Gasteiger partial charge in [-0.15, -0.1) is 6.58 Å². The summed E-state index contributed by atoms with van der Waals surface area (Å²) < 4.78 is 5.11. The zero-order valence-electron chi connectivity index (χ0n) is 15.0. The molecule has 0 atom stereocenters. The fourth-order valence-corrected chi connectivity index (χ4v) is 1.94. The summed E-state index contributed by atoms with van der Waals surface area (Å²) in [5.74, 6) is -1.32. The largest absolute Gasteiger partial charge is 0.478 e. The molecule has 0 heterocycles. The maximum Gasteiger partial charge on any atom is 0.336 e. The molecule has 0 saturated heterocycles. The molecule has 0 aliphatic heterocycles. The van der Waals surface area contributed by atoms with Gasteiger partial charge in [-0.3, -0.25) is 4.79 Å². The smallest absolute Gasteiger partial charge is 0.336 e. The Kier molecular flexibility index (Phi) is 8.31. The van der Waals surface area contributed by atoms with Crippen LogP contribution in [-0.2, 0) is 32.3 Å². The number of rotatable bonds is 11. The second-order valence-corrected chi connectivity index (χ2v) is 6.25. The number of aromatic carboxylic acids is 1. The Hall–Kier alpha value is -2.18. The number of carbonyl (C=O) groups is 2. The molecule has 1 N–H and O–H groups in total. The summed E-state index contributed by atoms with van der Waals surface area (Å²) in [6, 6.07) is 5.02. The Morgan fingerprint density at radius 1 is 1.24 bits per heavy atom. The van der Waals surface area contributed by atoms with Crippen LogP contribution in [0.15, 0.2) is 30.9 Å². The van der Waals surface area contributed by atoms with Gasteiger partial charge in [0.05, 0.1) is 11.0 Å². The van der Waals surface area contributed by atoms with Gasteiger partial charge in [0, 0.05) is 0 Å². The number of benzene rings is 1. The third kappa shape index (κ3) is 6.68. The number of carbonyl (C=O) groups excluding carboxylic acids is 1. The summed E-state index contributed by atoms with van der Waals surface area (Å²) >= 11 is 0. The van der Waals surface area contributed by atoms with Crippen LogP contribution in [0, 0.1) is 5.41 Å². The first-order valence-corrected chi connectivity index (χ1v) is 8.19. The highest BCUT2D eigenvalue weighted by molar-refractivity contribution is 5.89. The van der Waals surface area contributed by atoms with E-state index in [1.54, 1.807) is 18.2 Å². The van der Waals surface area contributed by atoms with Crippen LogP contribution >= 0.6 is 0 Å². The molecule has 0 unspecified atom stereocenters. The summed E-state index contributed by atoms with van der Waals surface area (Å²) in [4.78, 5) is 33.1. The molecule has 138 valence electrons. The lowest BCUT2D eigenvalue weighted by Gasteiger charge is -2.20. The molecule has 1 aromatic carbocycles. The molecule has 25 heavy (non-hydrogen) atoms. The molecule has 0 aromatic heterocycles. The molecular weight excluding hydrogens is 324 g/mol. The SMILES string of the molecule is C=CCc1ccc(C(=O)O)c(COOCCOC(=O)C(C)(C)CC)c1. The Labute approximate surface area is 148 Å². The minimum atomic E-state index is -1.03. The van der Waals surface area contributed by atoms with Crippen molar-refractivity contribution in [2.75, 3.05) is 13.2 Å². The predicted molar refractivity (Wildman–Crippen MR) is 93.1 cm³/mol. The Bertz CT molecular complexity index is 606. The summed E-state index contributed by atoms with van der Waals surface area (Å²) in [5.41, 5.74) is 1.08. The molecule has 6 heteroatoms. The number of hydrogen-bond acceptors (Lipinski definition) is 5. The van der Waals surface area contributed by atoms with Crippen molar-refractivity contribution in [1.29, 1.82) is 0 Å². The topological polar surface area (TPSA) is 82.1 Å². The third-order valence-corrected chi connectivity index (χ3v) is 3.91. The Morgan fingerprint density at radius 3 is 2.56 bits per heavy atom. The van der Waals surface area contributed by atoms with Crippen LogP contribution < -0.4 is 0 Å². The van der Waals surface area contributed by atoms with Crippen LogP contribution in [0.2, 0.25) is 0 Å². The van der Waals surface area contributed by atoms with E-state index in [0.29, 0.717) is 18.4 Å². The maximum absolute atomic E-state index is 11.8. The van der Waals surface area contributed by atoms with Crippen LogP contribution in [0.5, 0.6) is 0 Å². The van der Waals surface area contributed by atoms with E-state index in [4.69, 9.17) is 14.5 Å². The average Bonchev–Trinajstić information content (AvgIpc) is 2.57. The van der Waals surface area contributed by atoms with Crippen LogP contribution in [-0.4, -0.2) is 30.3 Å². The van der Waals surface area contributed by atoms with E-state index in [0.717, 1.165) is 5.56 Å². The minimum Gasteiger partial charge on any atom is -0.478 e. The van der Waals surface area contributed by atoms with Gasteiger partial charge in [-0.1, -0.05) is 25.1 Å². The average molecular weight is 350 g/mol. The van der Waals surface area contributed by atoms with Gasteiger partial charge in [-0.25, -0.2) is 14.6 Å². The Morgan fingerprint density at radius 2 is 1.96 bits per heavy atom. The molecular formula is C19H26O6. The molecule has 0 spiro atoms. The van der Waals surface area contributed by atoms with Crippen molar-refractivity contribution >= 4 is 11.9 Å². The zero-order valence-corrected chi connectivity index (χ0v) is 15.0. The van der Waals surface area contributed by atoms with Gasteiger partial charge < -0.3 is 9.84 Å². The van der Waals surface area contributed by atoms with Crippen molar-refractivity contribution in [2.24, 2.45) is 5.41 Å². The lowest BCUT2D eigenvalue weighted by molar-refractivity contribution is -0.307. The highest BCUT2D eigenvalue weighted by Gasteiger charge is 2.26. The second-order valence-electron chi connectivity index (χ2n) is 6.25. The van der Waals surface area contributed by atoms with E-state index < -0.39 is 11.4 Å². The van der Waals surface area contributed by atoms with Gasteiger partial charge in [0.1, 0.15) is 19.8 Å². The molecule has 0 bridgehead atoms. The van der Waals surface area contributed by atoms with E-state index in [1.165, 1.54) is 6.07 Å². The van der Waals surface area contributed by atoms with Crippen LogP contribution in [0.3, 0.4) is 0 Å². The van der Waals surface area contributed by atoms with Crippen LogP contribution in [0.1, 0.15) is 48.7 Å². The molecule has 0 radical (unpaired) electrons. The van der Waals surface area contributed by atoms with E-state index in [2.05, 4.69) is 6.58 Å². The number of carboxylic acids is 1. The molecule has 0 saturated carbocycles. The maximum atomic E-state index is 11.8. The van der Waals surface area contributed by atoms with Crippen molar-refractivity contribution in [3.63, 3.8) is 0 Å². The number of esters is 1. The molecule has 0 aliphatic rings. The standard InChI is InChI=1S/C19H26O6/c1-5-7-14-8-9-16(17(20)21)15(12-14)13-25-24-11-10-23-18(22)19(3,4)6-2/h5,8-9,12H,1,6-7,10-11,13H2,2-4H3,(H,20,21). The van der Waals surface area contributed by atoms with Crippen LogP contribution in [0.4, 0.5) is 0 Å². The van der Waals surface area contributed by atoms with Gasteiger partial charge in [0.25, 0.3) is 0 Å². The number of carboxylic acid groups (broad SMARTS) is 1. The molecule has 1 aromatic rings. The highest BCUT2D eigenvalue weighted by atomic mass is 17.2. The normalized spacial score (nSPS) is 11.2. The molecule has 1 rings (SSSR count). The van der Waals surface area contributed by atoms with E-state index in [9.17, 15) is 14.7 Å². The lowest BCUT2D eigenvalue weighted by atomic mass is 9.91. The first-order chi connectivity index (χ1) is 11.8. The fourth-order valence-electron chi connectivity index (χ4n) is 1.94. The number of allylic oxidation sites excluding steroid dienone is 1. The third-order valence-electron chi connectivity index (χ3n) is 3.91. The first kappa shape index (κ1) is 20.9. The van der Waals surface area contributed by atoms with E-state index >= 15 is 0 Å². The molecule has 0 fully saturated rings. The molecule has 0 amide bonds. The van der Waals surface area contributed by atoms with Gasteiger partial charge in [-0.05, 0) is 43.9 Å². The molecule has 6 nitrogen and oxygen atoms in total. The Balaban J connectivity index is 2.45. The predicted octanol–water partition coefficient (Wildman–Crippen LogP) is 3.54. The van der Waals surface area contributed by atoms with Gasteiger partial charge in [0.15, 0.2) is 0 Å². The summed E-state index contributed by atoms with van der Waals surface area (Å²) in [6.45, 7) is 9.34. The van der Waals surface area contributed by atoms with Crippen molar-refractivity contribution in [2.45, 2.75) is 40.2 Å². The number of hydrogen-bond donors (Lipinski definition) is 1. The van der Waals surface area contributed by atoms with Crippen LogP contribution in [0.25, 0.3) is 0 Å². The minimum absolute atomic E-state index is 0.0129. The van der Waals surface area contributed by atoms with E-state index in [1.807, 2.05) is 20.8 Å². The van der Waals surface area contributed by atoms with Gasteiger partial charge >= 0.3 is 11.9 Å². The quantitative estimate of drug-likeness (QED) is 0.216. The van der Waals surface area contributed by atoms with Crippen molar-refractivity contribution in [1.82, 2.24) is 0 Å². The number of ether oxygens (including phenoxy) is 1. The molecule has 0 aliphatic carbocycles. The van der Waals surface area contributed by atoms with Gasteiger partial charge in [-0.2, -0.15) is 0 Å². The highest BCUT2D eigenvalue weighted by Crippen LogP contribution is 2.21. The zero-order chi connectivity index (χ0) is 18.9. The first-order valence-electron chi connectivity index (χ1n) is 8.19. The van der Waals surface area contributed by atoms with Crippen molar-refractivity contribution in [3.8, 4) is 0 Å². The van der Waals surface area contributed by atoms with Crippen molar-refractivity contribution < 1.29 is 29.2 Å². The fraction of sp³-hybridized carbons (Fsp3) is 0.474. The summed E-state index contributed by atoms with van der Waals surface area (Å²) in [7, 11) is 0.